The largest absolute Gasteiger partial charge is 0.384 e. The SMILES string of the molecule is COC(C(=O)NCc1ccc(C(=N)N)cc1)c1ccc(N2CCCC2)cc1. The Morgan fingerprint density at radius 1 is 1.15 bits per heavy atom. The fraction of sp³-hybridized carbons (Fsp3) is 0.333. The summed E-state index contributed by atoms with van der Waals surface area (Å²) in [5.41, 5.74) is 9.08. The molecule has 6 nitrogen and oxygen atoms in total. The van der Waals surface area contributed by atoms with Crippen LogP contribution in [0, 0.1) is 5.41 Å². The van der Waals surface area contributed by atoms with Gasteiger partial charge in [0.25, 0.3) is 5.91 Å². The van der Waals surface area contributed by atoms with Gasteiger partial charge in [0.1, 0.15) is 5.84 Å². The molecule has 1 saturated heterocycles. The molecule has 4 N–H and O–H groups in total. The maximum atomic E-state index is 12.6. The van der Waals surface area contributed by atoms with Crippen molar-refractivity contribution in [3.63, 3.8) is 0 Å². The van der Waals surface area contributed by atoms with Crippen molar-refractivity contribution in [2.24, 2.45) is 5.73 Å². The Balaban J connectivity index is 1.60. The van der Waals surface area contributed by atoms with Crippen LogP contribution in [0.2, 0.25) is 0 Å². The summed E-state index contributed by atoms with van der Waals surface area (Å²) in [7, 11) is 1.54. The molecule has 0 spiro atoms. The number of carbonyl (C=O) groups is 1. The molecule has 1 aliphatic rings. The minimum atomic E-state index is -0.644. The molecule has 1 unspecified atom stereocenters. The Hall–Kier alpha value is -2.86. The zero-order valence-electron chi connectivity index (χ0n) is 15.6. The number of anilines is 1. The minimum Gasteiger partial charge on any atom is -0.384 e. The van der Waals surface area contributed by atoms with Crippen LogP contribution >= 0.6 is 0 Å². The topological polar surface area (TPSA) is 91.4 Å². The highest BCUT2D eigenvalue weighted by molar-refractivity contribution is 5.94. The van der Waals surface area contributed by atoms with E-state index in [0.717, 1.165) is 24.2 Å². The van der Waals surface area contributed by atoms with Crippen LogP contribution in [0.15, 0.2) is 48.5 Å². The first-order chi connectivity index (χ1) is 13.1. The number of hydrogen-bond donors (Lipinski definition) is 3. The second kappa shape index (κ2) is 8.68. The summed E-state index contributed by atoms with van der Waals surface area (Å²) in [6.45, 7) is 2.58. The highest BCUT2D eigenvalue weighted by Gasteiger charge is 2.20. The van der Waals surface area contributed by atoms with Crippen molar-refractivity contribution in [2.75, 3.05) is 25.1 Å². The van der Waals surface area contributed by atoms with Crippen molar-refractivity contribution in [1.82, 2.24) is 5.32 Å². The Morgan fingerprint density at radius 3 is 2.33 bits per heavy atom. The Labute approximate surface area is 159 Å². The molecule has 6 heteroatoms. The highest BCUT2D eigenvalue weighted by Crippen LogP contribution is 2.24. The molecule has 3 rings (SSSR count). The van der Waals surface area contributed by atoms with Gasteiger partial charge < -0.3 is 20.7 Å². The molecule has 142 valence electrons. The molecule has 0 aliphatic carbocycles. The predicted molar refractivity (Wildman–Crippen MR) is 107 cm³/mol. The standard InChI is InChI=1S/C21H26N4O2/c1-27-19(16-8-10-18(11-9-16)25-12-2-3-13-25)21(26)24-14-15-4-6-17(7-5-15)20(22)23/h4-11,19H,2-3,12-14H2,1H3,(H3,22,23)(H,24,26). The van der Waals surface area contributed by atoms with Crippen molar-refractivity contribution < 1.29 is 9.53 Å². The van der Waals surface area contributed by atoms with Gasteiger partial charge in [-0.3, -0.25) is 10.2 Å². The fourth-order valence-electron chi connectivity index (χ4n) is 3.31. The highest BCUT2D eigenvalue weighted by atomic mass is 16.5. The number of nitrogens with zero attached hydrogens (tertiary/aromatic N) is 1. The Kier molecular flexibility index (Phi) is 6.08. The van der Waals surface area contributed by atoms with Gasteiger partial charge in [-0.1, -0.05) is 36.4 Å². The van der Waals surface area contributed by atoms with E-state index in [1.807, 2.05) is 24.3 Å². The molecule has 2 aromatic rings. The average molecular weight is 366 g/mol. The maximum Gasteiger partial charge on any atom is 0.254 e. The van der Waals surface area contributed by atoms with E-state index in [0.29, 0.717) is 12.1 Å². The van der Waals surface area contributed by atoms with Crippen LogP contribution in [0.25, 0.3) is 0 Å². The predicted octanol–water partition coefficient (Wildman–Crippen LogP) is 2.57. The number of ether oxygens (including phenoxy) is 1. The van der Waals surface area contributed by atoms with E-state index in [4.69, 9.17) is 15.9 Å². The number of nitrogens with one attached hydrogen (secondary N) is 2. The summed E-state index contributed by atoms with van der Waals surface area (Å²) in [4.78, 5) is 14.9. The molecular formula is C21H26N4O2. The number of benzene rings is 2. The molecule has 1 fully saturated rings. The van der Waals surface area contributed by atoms with Gasteiger partial charge in [-0.2, -0.15) is 0 Å². The summed E-state index contributed by atoms with van der Waals surface area (Å²) in [6, 6.07) is 15.3. The van der Waals surface area contributed by atoms with Crippen molar-refractivity contribution >= 4 is 17.4 Å². The van der Waals surface area contributed by atoms with Gasteiger partial charge >= 0.3 is 0 Å². The second-order valence-corrected chi connectivity index (χ2v) is 6.73. The zero-order valence-corrected chi connectivity index (χ0v) is 15.6. The number of rotatable bonds is 7. The lowest BCUT2D eigenvalue weighted by molar-refractivity contribution is -0.131. The third-order valence-corrected chi connectivity index (χ3v) is 4.87. The zero-order chi connectivity index (χ0) is 19.2. The fourth-order valence-corrected chi connectivity index (χ4v) is 3.31. The number of hydrogen-bond acceptors (Lipinski definition) is 4. The van der Waals surface area contributed by atoms with E-state index >= 15 is 0 Å². The van der Waals surface area contributed by atoms with Crippen LogP contribution < -0.4 is 16.0 Å². The molecule has 1 amide bonds. The van der Waals surface area contributed by atoms with E-state index < -0.39 is 6.10 Å². The molecule has 27 heavy (non-hydrogen) atoms. The van der Waals surface area contributed by atoms with Gasteiger partial charge in [-0.15, -0.1) is 0 Å². The van der Waals surface area contributed by atoms with Crippen molar-refractivity contribution in [3.8, 4) is 0 Å². The van der Waals surface area contributed by atoms with Crippen LogP contribution in [0.5, 0.6) is 0 Å². The molecule has 1 atom stereocenters. The Morgan fingerprint density at radius 2 is 1.78 bits per heavy atom. The van der Waals surface area contributed by atoms with Crippen LogP contribution in [0.1, 0.15) is 35.6 Å². The summed E-state index contributed by atoms with van der Waals surface area (Å²) in [6.07, 6.45) is 1.82. The monoisotopic (exact) mass is 366 g/mol. The molecule has 0 saturated carbocycles. The van der Waals surface area contributed by atoms with Gasteiger partial charge in [0.15, 0.2) is 6.10 Å². The van der Waals surface area contributed by atoms with Crippen LogP contribution in [0.3, 0.4) is 0 Å². The normalized spacial score (nSPS) is 14.8. The van der Waals surface area contributed by atoms with Gasteiger partial charge in [-0.25, -0.2) is 0 Å². The minimum absolute atomic E-state index is 0.0300. The molecule has 0 radical (unpaired) electrons. The van der Waals surface area contributed by atoms with Gasteiger partial charge in [0.2, 0.25) is 0 Å². The quantitative estimate of drug-likeness (QED) is 0.519. The lowest BCUT2D eigenvalue weighted by Gasteiger charge is -2.20. The first kappa shape index (κ1) is 18.9. The number of methoxy groups -OCH3 is 1. The van der Waals surface area contributed by atoms with Crippen molar-refractivity contribution in [1.29, 1.82) is 5.41 Å². The van der Waals surface area contributed by atoms with Gasteiger partial charge in [-0.05, 0) is 36.1 Å². The maximum absolute atomic E-state index is 12.6. The first-order valence-electron chi connectivity index (χ1n) is 9.17. The van der Waals surface area contributed by atoms with E-state index in [1.165, 1.54) is 18.5 Å². The van der Waals surface area contributed by atoms with E-state index in [2.05, 4.69) is 22.3 Å². The summed E-state index contributed by atoms with van der Waals surface area (Å²) >= 11 is 0. The third kappa shape index (κ3) is 4.65. The van der Waals surface area contributed by atoms with Crippen LogP contribution in [-0.4, -0.2) is 31.9 Å². The molecule has 1 aliphatic heterocycles. The van der Waals surface area contributed by atoms with E-state index in [-0.39, 0.29) is 11.7 Å². The van der Waals surface area contributed by atoms with Crippen molar-refractivity contribution in [3.05, 3.63) is 65.2 Å². The van der Waals surface area contributed by atoms with Crippen LogP contribution in [0.4, 0.5) is 5.69 Å². The lowest BCUT2D eigenvalue weighted by Crippen LogP contribution is -2.30. The first-order valence-corrected chi connectivity index (χ1v) is 9.17. The number of nitrogens with two attached hydrogens (primary N) is 1. The van der Waals surface area contributed by atoms with Gasteiger partial charge in [0.05, 0.1) is 0 Å². The summed E-state index contributed by atoms with van der Waals surface area (Å²) in [5, 5.41) is 10.3. The second-order valence-electron chi connectivity index (χ2n) is 6.73. The molecular weight excluding hydrogens is 340 g/mol. The number of carbonyl (C=O) groups excluding carboxylic acids is 1. The van der Waals surface area contributed by atoms with Gasteiger partial charge in [0, 0.05) is 38.0 Å². The summed E-state index contributed by atoms with van der Waals surface area (Å²) in [5.74, 6) is -0.149. The van der Waals surface area contributed by atoms with E-state index in [1.54, 1.807) is 19.2 Å². The number of amides is 1. The lowest BCUT2D eigenvalue weighted by atomic mass is 10.1. The Bertz CT molecular complexity index is 781. The third-order valence-electron chi connectivity index (χ3n) is 4.87. The van der Waals surface area contributed by atoms with Crippen molar-refractivity contribution in [2.45, 2.75) is 25.5 Å². The average Bonchev–Trinajstić information content (AvgIpc) is 3.22. The molecule has 0 aromatic heterocycles. The number of amidine groups is 1. The molecule has 1 heterocycles. The molecule has 0 bridgehead atoms. The summed E-state index contributed by atoms with van der Waals surface area (Å²) < 4.78 is 5.43. The smallest absolute Gasteiger partial charge is 0.254 e. The van der Waals surface area contributed by atoms with E-state index in [9.17, 15) is 4.79 Å². The van der Waals surface area contributed by atoms with Crippen LogP contribution in [-0.2, 0) is 16.1 Å². The molecule has 2 aromatic carbocycles. The number of nitrogen functional groups attached to an aromatic ring is 1.